The monoisotopic (exact) mass is 362 g/mol. The van der Waals surface area contributed by atoms with Crippen molar-refractivity contribution in [3.63, 3.8) is 0 Å². The van der Waals surface area contributed by atoms with Crippen molar-refractivity contribution in [1.82, 2.24) is 0 Å². The zero-order chi connectivity index (χ0) is 17.9. The molecule has 0 unspecified atom stereocenters. The van der Waals surface area contributed by atoms with Crippen LogP contribution in [0.2, 0.25) is 5.02 Å². The van der Waals surface area contributed by atoms with Gasteiger partial charge in [-0.15, -0.1) is 0 Å². The summed E-state index contributed by atoms with van der Waals surface area (Å²) in [5.74, 6) is -1.38. The van der Waals surface area contributed by atoms with Gasteiger partial charge in [0.15, 0.2) is 0 Å². The molecule has 2 rings (SSSR count). The van der Waals surface area contributed by atoms with Crippen LogP contribution in [0.1, 0.15) is 21.5 Å². The van der Waals surface area contributed by atoms with Crippen LogP contribution in [0.3, 0.4) is 0 Å². The molecule has 0 aliphatic heterocycles. The second kappa shape index (κ2) is 7.09. The Morgan fingerprint density at radius 3 is 2.46 bits per heavy atom. The van der Waals surface area contributed by atoms with Gasteiger partial charge in [0.2, 0.25) is 0 Å². The van der Waals surface area contributed by atoms with Gasteiger partial charge < -0.3 is 9.47 Å². The molecule has 24 heavy (non-hydrogen) atoms. The molecule has 0 fully saturated rings. The van der Waals surface area contributed by atoms with E-state index in [9.17, 15) is 22.4 Å². The van der Waals surface area contributed by atoms with Crippen molar-refractivity contribution in [2.45, 2.75) is 12.8 Å². The van der Waals surface area contributed by atoms with E-state index in [1.807, 2.05) is 0 Å². The van der Waals surface area contributed by atoms with E-state index in [1.54, 1.807) is 0 Å². The molecular weight excluding hydrogens is 352 g/mol. The Hall–Kier alpha value is -2.28. The molecule has 0 aliphatic rings. The highest BCUT2D eigenvalue weighted by Gasteiger charge is 2.31. The Morgan fingerprint density at radius 2 is 1.88 bits per heavy atom. The quantitative estimate of drug-likeness (QED) is 0.575. The molecule has 0 saturated heterocycles. The van der Waals surface area contributed by atoms with Crippen molar-refractivity contribution in [3.8, 4) is 5.75 Å². The number of halogens is 5. The molecule has 0 N–H and O–H groups in total. The van der Waals surface area contributed by atoms with Gasteiger partial charge in [0.25, 0.3) is 0 Å². The van der Waals surface area contributed by atoms with Crippen LogP contribution in [0.25, 0.3) is 0 Å². The number of esters is 1. The summed E-state index contributed by atoms with van der Waals surface area (Å²) in [6.45, 7) is -0.188. The standard InChI is InChI=1S/C16H11ClF4O3/c1-23-15(22)10-4-9(5-12(18)6-10)8-24-14-3-2-11(7-13(14)17)16(19,20)21/h2-7H,8H2,1H3. The second-order valence-corrected chi connectivity index (χ2v) is 5.18. The average Bonchev–Trinajstić information content (AvgIpc) is 2.51. The highest BCUT2D eigenvalue weighted by Crippen LogP contribution is 2.34. The Balaban J connectivity index is 2.17. The SMILES string of the molecule is COC(=O)c1cc(F)cc(COc2ccc(C(F)(F)F)cc2Cl)c1. The summed E-state index contributed by atoms with van der Waals surface area (Å²) in [7, 11) is 1.16. The third kappa shape index (κ3) is 4.38. The number of carbonyl (C=O) groups is 1. The lowest BCUT2D eigenvalue weighted by Gasteiger charge is -2.12. The normalized spacial score (nSPS) is 11.2. The first kappa shape index (κ1) is 18.1. The predicted molar refractivity (Wildman–Crippen MR) is 78.5 cm³/mol. The molecule has 0 heterocycles. The number of rotatable bonds is 4. The molecule has 0 spiro atoms. The molecule has 0 bridgehead atoms. The smallest absolute Gasteiger partial charge is 0.416 e. The first-order valence-corrected chi connectivity index (χ1v) is 6.96. The van der Waals surface area contributed by atoms with Crippen LogP contribution < -0.4 is 4.74 Å². The van der Waals surface area contributed by atoms with E-state index in [0.29, 0.717) is 5.56 Å². The first-order chi connectivity index (χ1) is 11.2. The Labute approximate surface area is 139 Å². The third-order valence-electron chi connectivity index (χ3n) is 3.03. The molecule has 0 atom stereocenters. The topological polar surface area (TPSA) is 35.5 Å². The molecule has 0 aliphatic carbocycles. The molecule has 3 nitrogen and oxygen atoms in total. The predicted octanol–water partition coefficient (Wildman–Crippen LogP) is 4.86. The van der Waals surface area contributed by atoms with Crippen molar-refractivity contribution in [3.05, 3.63) is 63.9 Å². The van der Waals surface area contributed by atoms with Crippen molar-refractivity contribution < 1.29 is 31.8 Å². The van der Waals surface area contributed by atoms with Crippen LogP contribution in [-0.2, 0) is 17.5 Å². The summed E-state index contributed by atoms with van der Waals surface area (Å²) in [4.78, 5) is 11.4. The highest BCUT2D eigenvalue weighted by molar-refractivity contribution is 6.32. The number of alkyl halides is 3. The summed E-state index contributed by atoms with van der Waals surface area (Å²) < 4.78 is 61.0. The van der Waals surface area contributed by atoms with E-state index in [2.05, 4.69) is 4.74 Å². The lowest BCUT2D eigenvalue weighted by atomic mass is 10.1. The van der Waals surface area contributed by atoms with Gasteiger partial charge in [-0.1, -0.05) is 11.6 Å². The van der Waals surface area contributed by atoms with Gasteiger partial charge in [0.1, 0.15) is 18.2 Å². The van der Waals surface area contributed by atoms with Crippen LogP contribution in [0.15, 0.2) is 36.4 Å². The van der Waals surface area contributed by atoms with Gasteiger partial charge in [-0.3, -0.25) is 0 Å². The summed E-state index contributed by atoms with van der Waals surface area (Å²) in [5, 5.41) is -0.227. The highest BCUT2D eigenvalue weighted by atomic mass is 35.5. The molecule has 0 amide bonds. The second-order valence-electron chi connectivity index (χ2n) is 4.77. The van der Waals surface area contributed by atoms with Crippen LogP contribution in [0.4, 0.5) is 17.6 Å². The summed E-state index contributed by atoms with van der Waals surface area (Å²) in [5.41, 5.74) is -0.612. The van der Waals surface area contributed by atoms with Crippen molar-refractivity contribution >= 4 is 17.6 Å². The minimum absolute atomic E-state index is 0.00498. The van der Waals surface area contributed by atoms with E-state index in [1.165, 1.54) is 6.07 Å². The first-order valence-electron chi connectivity index (χ1n) is 6.58. The number of carbonyl (C=O) groups excluding carboxylic acids is 1. The average molecular weight is 363 g/mol. The van der Waals surface area contributed by atoms with Gasteiger partial charge in [-0.25, -0.2) is 9.18 Å². The van der Waals surface area contributed by atoms with Gasteiger partial charge in [0, 0.05) is 0 Å². The number of methoxy groups -OCH3 is 1. The Kier molecular flexibility index (Phi) is 5.33. The van der Waals surface area contributed by atoms with E-state index < -0.39 is 23.5 Å². The van der Waals surface area contributed by atoms with Gasteiger partial charge in [-0.2, -0.15) is 13.2 Å². The third-order valence-corrected chi connectivity index (χ3v) is 3.33. The zero-order valence-electron chi connectivity index (χ0n) is 12.3. The summed E-state index contributed by atoms with van der Waals surface area (Å²) in [6.07, 6.45) is -4.51. The van der Waals surface area contributed by atoms with Crippen molar-refractivity contribution in [1.29, 1.82) is 0 Å². The lowest BCUT2D eigenvalue weighted by Crippen LogP contribution is -2.06. The molecule has 0 saturated carbocycles. The molecule has 2 aromatic rings. The van der Waals surface area contributed by atoms with Gasteiger partial charge in [-0.05, 0) is 42.0 Å². The van der Waals surface area contributed by atoms with Crippen LogP contribution in [-0.4, -0.2) is 13.1 Å². The molecular formula is C16H11ClF4O3. The maximum Gasteiger partial charge on any atom is 0.416 e. The molecule has 128 valence electrons. The van der Waals surface area contributed by atoms with E-state index in [-0.39, 0.29) is 22.9 Å². The summed E-state index contributed by atoms with van der Waals surface area (Å²) in [6, 6.07) is 6.12. The maximum atomic E-state index is 13.5. The van der Waals surface area contributed by atoms with E-state index in [0.717, 1.165) is 37.4 Å². The maximum absolute atomic E-state index is 13.5. The number of hydrogen-bond donors (Lipinski definition) is 0. The minimum atomic E-state index is -4.51. The Morgan fingerprint density at radius 1 is 1.17 bits per heavy atom. The van der Waals surface area contributed by atoms with Crippen LogP contribution >= 0.6 is 11.6 Å². The Bertz CT molecular complexity index is 759. The molecule has 8 heteroatoms. The number of benzene rings is 2. The fourth-order valence-corrected chi connectivity index (χ4v) is 2.16. The molecule has 0 aromatic heterocycles. The lowest BCUT2D eigenvalue weighted by molar-refractivity contribution is -0.137. The molecule has 0 radical (unpaired) electrons. The van der Waals surface area contributed by atoms with Crippen LogP contribution in [0.5, 0.6) is 5.75 Å². The largest absolute Gasteiger partial charge is 0.487 e. The minimum Gasteiger partial charge on any atom is -0.487 e. The van der Waals surface area contributed by atoms with E-state index >= 15 is 0 Å². The van der Waals surface area contributed by atoms with E-state index in [4.69, 9.17) is 16.3 Å². The molecule has 2 aromatic carbocycles. The number of ether oxygens (including phenoxy) is 2. The van der Waals surface area contributed by atoms with Gasteiger partial charge >= 0.3 is 12.1 Å². The van der Waals surface area contributed by atoms with Crippen LogP contribution in [0, 0.1) is 5.82 Å². The zero-order valence-corrected chi connectivity index (χ0v) is 13.0. The van der Waals surface area contributed by atoms with Crippen molar-refractivity contribution in [2.75, 3.05) is 7.11 Å². The summed E-state index contributed by atoms with van der Waals surface area (Å²) >= 11 is 5.76. The number of hydrogen-bond acceptors (Lipinski definition) is 3. The fraction of sp³-hybridized carbons (Fsp3) is 0.188. The fourth-order valence-electron chi connectivity index (χ4n) is 1.92. The van der Waals surface area contributed by atoms with Gasteiger partial charge in [0.05, 0.1) is 23.3 Å². The van der Waals surface area contributed by atoms with Crippen molar-refractivity contribution in [2.24, 2.45) is 0 Å².